The van der Waals surface area contributed by atoms with Crippen LogP contribution in [0.25, 0.3) is 0 Å². The number of hydrogen-bond acceptors (Lipinski definition) is 2. The van der Waals surface area contributed by atoms with Crippen molar-refractivity contribution in [2.45, 2.75) is 125 Å². The van der Waals surface area contributed by atoms with Gasteiger partial charge in [0.1, 0.15) is 0 Å². The van der Waals surface area contributed by atoms with Crippen molar-refractivity contribution in [2.24, 2.45) is 9.98 Å². The molecule has 4 rings (SSSR count). The molecule has 268 valence electrons. The number of rotatable bonds is 19. The summed E-state index contributed by atoms with van der Waals surface area (Å²) in [6.45, 7) is 18.4. The molecule has 0 spiro atoms. The molecule has 4 aromatic rings. The van der Waals surface area contributed by atoms with E-state index in [4.69, 9.17) is 9.98 Å². The third-order valence-corrected chi connectivity index (χ3v) is 15.0. The Labute approximate surface area is 316 Å². The number of alkyl halides is 1. The van der Waals surface area contributed by atoms with Crippen molar-refractivity contribution in [3.05, 3.63) is 117 Å². The standard InChI is InChI=1S/C46H61IN2P/c1-9-33-47-43-31-22-30-42(36(6)7)46(43)48-37(8)23-15-11-10-12-20-32-44(49-45-40(34(2)3)28-21-29-41(45)35(4)5)50(38-24-16-13-17-25-38)39-26-18-14-19-27-39/h13-14,16-19,21-22,24-31,34-36H,9-12,15,20,23,32-33H2,1-8H3/q-1. The second kappa shape index (κ2) is 21.0. The number of halogens is 1. The van der Waals surface area contributed by atoms with Crippen LogP contribution < -0.4 is 31.8 Å². The van der Waals surface area contributed by atoms with Gasteiger partial charge in [0.15, 0.2) is 0 Å². The summed E-state index contributed by atoms with van der Waals surface area (Å²) in [5, 5.41) is 2.77. The van der Waals surface area contributed by atoms with Gasteiger partial charge in [-0.15, -0.1) is 0 Å². The van der Waals surface area contributed by atoms with Gasteiger partial charge in [0.2, 0.25) is 0 Å². The molecule has 4 heteroatoms. The molecule has 0 aliphatic rings. The molecule has 0 heterocycles. The molecular weight excluding hydrogens is 738 g/mol. The average Bonchev–Trinajstić information content (AvgIpc) is 3.11. The molecule has 0 aliphatic carbocycles. The molecule has 50 heavy (non-hydrogen) atoms. The number of nitrogens with zero attached hydrogens (tertiary/aromatic N) is 2. The number of unbranched alkanes of at least 4 members (excludes halogenated alkanes) is 4. The predicted molar refractivity (Wildman–Crippen MR) is 220 cm³/mol. The van der Waals surface area contributed by atoms with Gasteiger partial charge in [-0.3, -0.25) is 4.99 Å². The van der Waals surface area contributed by atoms with E-state index in [1.165, 1.54) is 89.9 Å². The van der Waals surface area contributed by atoms with Crippen molar-refractivity contribution < 1.29 is 21.2 Å². The number of hydrogen-bond donors (Lipinski definition) is 0. The van der Waals surface area contributed by atoms with Crippen LogP contribution in [0.3, 0.4) is 0 Å². The van der Waals surface area contributed by atoms with Gasteiger partial charge >= 0.3 is 160 Å². The van der Waals surface area contributed by atoms with E-state index in [1.54, 1.807) is 0 Å². The Bertz CT molecular complexity index is 1590. The molecule has 0 fully saturated rings. The quantitative estimate of drug-likeness (QED) is 0.0297. The number of para-hydroxylation sites is 2. The molecule has 0 bridgehead atoms. The van der Waals surface area contributed by atoms with Gasteiger partial charge in [-0.25, -0.2) is 0 Å². The number of benzene rings is 4. The van der Waals surface area contributed by atoms with Crippen LogP contribution in [0.15, 0.2) is 107 Å². The average molecular weight is 800 g/mol. The summed E-state index contributed by atoms with van der Waals surface area (Å²) in [4.78, 5) is 11.0. The summed E-state index contributed by atoms with van der Waals surface area (Å²) in [5.74, 6) is 1.34. The Kier molecular flexibility index (Phi) is 16.9. The first-order chi connectivity index (χ1) is 24.2. The van der Waals surface area contributed by atoms with Gasteiger partial charge in [0, 0.05) is 7.92 Å². The Morgan fingerprint density at radius 3 is 1.56 bits per heavy atom. The van der Waals surface area contributed by atoms with E-state index < -0.39 is 7.92 Å². The summed E-state index contributed by atoms with van der Waals surface area (Å²) in [7, 11) is -0.740. The maximum atomic E-state index is 5.73. The SMILES string of the molecule is CCC[I-]c1cccc(C(C)C)c1N=C(C)CCCCCCCC(=Nc1c(C(C)C)cccc1C(C)C)P(c1ccccc1)c1ccccc1. The summed E-state index contributed by atoms with van der Waals surface area (Å²) < 4.78 is 2.85. The molecule has 0 amide bonds. The van der Waals surface area contributed by atoms with Crippen molar-refractivity contribution in [3.63, 3.8) is 0 Å². The van der Waals surface area contributed by atoms with E-state index in [0.717, 1.165) is 19.3 Å². The summed E-state index contributed by atoms with van der Waals surface area (Å²) in [6, 6.07) is 35.9. The van der Waals surface area contributed by atoms with E-state index >= 15 is 0 Å². The first kappa shape index (κ1) is 40.2. The van der Waals surface area contributed by atoms with Crippen LogP contribution in [0.2, 0.25) is 0 Å². The number of aliphatic imine (C=N–C) groups is 2. The smallest absolute Gasteiger partial charge is 0.252 e. The van der Waals surface area contributed by atoms with Gasteiger partial charge in [0.05, 0.1) is 5.69 Å². The molecule has 0 aliphatic heterocycles. The summed E-state index contributed by atoms with van der Waals surface area (Å²) >= 11 is 0.0224. The minimum atomic E-state index is -0.740. The second-order valence-corrected chi connectivity index (χ2v) is 19.6. The Hall–Kier alpha value is -2.62. The normalized spacial score (nSPS) is 12.6. The van der Waals surface area contributed by atoms with Crippen LogP contribution >= 0.6 is 7.92 Å². The Morgan fingerprint density at radius 2 is 1.04 bits per heavy atom. The second-order valence-electron chi connectivity index (χ2n) is 14.4. The minimum absolute atomic E-state index is 0.0224. The van der Waals surface area contributed by atoms with Crippen LogP contribution in [-0.2, 0) is 0 Å². The van der Waals surface area contributed by atoms with E-state index in [-0.39, 0.29) is 21.2 Å². The van der Waals surface area contributed by atoms with Gasteiger partial charge in [-0.2, -0.15) is 0 Å². The molecule has 2 nitrogen and oxygen atoms in total. The summed E-state index contributed by atoms with van der Waals surface area (Å²) in [6.07, 6.45) is 9.48. The Balaban J connectivity index is 1.50. The third-order valence-electron chi connectivity index (χ3n) is 9.18. The molecule has 4 aromatic carbocycles. The van der Waals surface area contributed by atoms with E-state index in [9.17, 15) is 0 Å². The topological polar surface area (TPSA) is 24.7 Å². The summed E-state index contributed by atoms with van der Waals surface area (Å²) in [5.41, 5.74) is 9.27. The van der Waals surface area contributed by atoms with Crippen LogP contribution in [0.4, 0.5) is 11.4 Å². The first-order valence-corrected chi connectivity index (χ1v) is 23.0. The van der Waals surface area contributed by atoms with Crippen LogP contribution in [0.5, 0.6) is 0 Å². The third kappa shape index (κ3) is 11.7. The molecule has 0 saturated heterocycles. The van der Waals surface area contributed by atoms with Crippen LogP contribution in [0, 0.1) is 3.57 Å². The molecular formula is C46H61IN2P-. The van der Waals surface area contributed by atoms with E-state index in [2.05, 4.69) is 152 Å². The molecule has 0 N–H and O–H groups in total. The van der Waals surface area contributed by atoms with Crippen molar-refractivity contribution in [3.8, 4) is 0 Å². The molecule has 0 saturated carbocycles. The fourth-order valence-electron chi connectivity index (χ4n) is 6.45. The maximum absolute atomic E-state index is 5.73. The zero-order valence-corrected chi connectivity index (χ0v) is 35.1. The first-order valence-electron chi connectivity index (χ1n) is 19.1. The van der Waals surface area contributed by atoms with Gasteiger partial charge in [-0.05, 0) is 33.6 Å². The molecule has 0 aromatic heterocycles. The van der Waals surface area contributed by atoms with Gasteiger partial charge in [0.25, 0.3) is 0 Å². The van der Waals surface area contributed by atoms with Crippen molar-refractivity contribution in [1.82, 2.24) is 0 Å². The Morgan fingerprint density at radius 1 is 0.560 bits per heavy atom. The van der Waals surface area contributed by atoms with Gasteiger partial charge in [-0.1, -0.05) is 107 Å². The monoisotopic (exact) mass is 799 g/mol. The zero-order chi connectivity index (χ0) is 35.9. The van der Waals surface area contributed by atoms with Crippen molar-refractivity contribution in [1.29, 1.82) is 0 Å². The fourth-order valence-corrected chi connectivity index (χ4v) is 11.2. The van der Waals surface area contributed by atoms with E-state index in [1.807, 2.05) is 0 Å². The molecule has 0 unspecified atom stereocenters. The van der Waals surface area contributed by atoms with Crippen molar-refractivity contribution >= 4 is 41.1 Å². The van der Waals surface area contributed by atoms with Crippen molar-refractivity contribution in [2.75, 3.05) is 4.43 Å². The predicted octanol–water partition coefficient (Wildman–Crippen LogP) is 10.4. The minimum Gasteiger partial charge on any atom is -0.252 e. The van der Waals surface area contributed by atoms with Gasteiger partial charge < -0.3 is 0 Å². The fraction of sp³-hybridized carbons (Fsp3) is 0.435. The molecule has 0 atom stereocenters. The van der Waals surface area contributed by atoms with E-state index in [0.29, 0.717) is 17.8 Å². The van der Waals surface area contributed by atoms with Crippen LogP contribution in [0.1, 0.15) is 141 Å². The molecule has 0 radical (unpaired) electrons. The van der Waals surface area contributed by atoms with Crippen LogP contribution in [-0.4, -0.2) is 15.6 Å². The zero-order valence-electron chi connectivity index (χ0n) is 32.1.